The molecule has 17 heavy (non-hydrogen) atoms. The molecule has 2 saturated carbocycles. The summed E-state index contributed by atoms with van der Waals surface area (Å²) < 4.78 is 0. The van der Waals surface area contributed by atoms with Crippen LogP contribution in [-0.4, -0.2) is 23.4 Å². The van der Waals surface area contributed by atoms with Crippen molar-refractivity contribution >= 4 is 0 Å². The molecule has 0 radical (unpaired) electrons. The van der Waals surface area contributed by atoms with Crippen LogP contribution in [0.4, 0.5) is 0 Å². The van der Waals surface area contributed by atoms with Crippen LogP contribution in [0.1, 0.15) is 46.0 Å². The van der Waals surface area contributed by atoms with Crippen molar-refractivity contribution in [1.82, 2.24) is 0 Å². The fourth-order valence-electron chi connectivity index (χ4n) is 4.70. The molecule has 0 saturated heterocycles. The van der Waals surface area contributed by atoms with Gasteiger partial charge in [-0.3, -0.25) is 0 Å². The average Bonchev–Trinajstić information content (AvgIpc) is 2.61. The van der Waals surface area contributed by atoms with Crippen LogP contribution in [0, 0.1) is 22.7 Å². The fourth-order valence-corrected chi connectivity index (χ4v) is 4.70. The lowest BCUT2D eigenvalue weighted by Gasteiger charge is -2.53. The van der Waals surface area contributed by atoms with Crippen molar-refractivity contribution in [3.05, 3.63) is 11.1 Å². The van der Waals surface area contributed by atoms with Crippen LogP contribution in [0.3, 0.4) is 0 Å². The Hall–Kier alpha value is -0.340. The fraction of sp³-hybridized carbons (Fsp3) is 0.867. The molecular weight excluding hydrogens is 212 g/mol. The van der Waals surface area contributed by atoms with E-state index in [9.17, 15) is 10.2 Å². The summed E-state index contributed by atoms with van der Waals surface area (Å²) in [6.07, 6.45) is 5.99. The third kappa shape index (κ3) is 1.53. The molecule has 3 aliphatic carbocycles. The lowest BCUT2D eigenvalue weighted by Crippen LogP contribution is -2.44. The number of fused-ring (bicyclic) bond motifs is 2. The van der Waals surface area contributed by atoms with Crippen LogP contribution in [0.15, 0.2) is 11.1 Å². The van der Waals surface area contributed by atoms with Gasteiger partial charge in [-0.2, -0.15) is 0 Å². The van der Waals surface area contributed by atoms with E-state index < -0.39 is 0 Å². The molecule has 0 spiro atoms. The summed E-state index contributed by atoms with van der Waals surface area (Å²) in [5.41, 5.74) is 3.37. The molecular formula is C15H24O2. The first-order valence-electron chi connectivity index (χ1n) is 6.95. The first kappa shape index (κ1) is 11.7. The predicted molar refractivity (Wildman–Crippen MR) is 67.5 cm³/mol. The van der Waals surface area contributed by atoms with Gasteiger partial charge in [0.25, 0.3) is 0 Å². The summed E-state index contributed by atoms with van der Waals surface area (Å²) in [4.78, 5) is 0. The van der Waals surface area contributed by atoms with Gasteiger partial charge in [0, 0.05) is 6.61 Å². The molecule has 0 amide bonds. The molecule has 0 aromatic carbocycles. The average molecular weight is 236 g/mol. The molecule has 0 aromatic rings. The Labute approximate surface area is 104 Å². The third-order valence-electron chi connectivity index (χ3n) is 5.79. The Balaban J connectivity index is 1.97. The van der Waals surface area contributed by atoms with Gasteiger partial charge in [0.2, 0.25) is 0 Å². The van der Waals surface area contributed by atoms with Crippen LogP contribution in [-0.2, 0) is 0 Å². The molecule has 3 aliphatic rings. The molecule has 0 heterocycles. The Morgan fingerprint density at radius 2 is 2.00 bits per heavy atom. The van der Waals surface area contributed by atoms with Crippen LogP contribution >= 0.6 is 0 Å². The van der Waals surface area contributed by atoms with Gasteiger partial charge < -0.3 is 10.2 Å². The van der Waals surface area contributed by atoms with Crippen molar-refractivity contribution in [1.29, 1.82) is 0 Å². The third-order valence-corrected chi connectivity index (χ3v) is 5.79. The van der Waals surface area contributed by atoms with Gasteiger partial charge in [-0.05, 0) is 60.3 Å². The van der Waals surface area contributed by atoms with Gasteiger partial charge in [-0.1, -0.05) is 19.4 Å². The highest BCUT2D eigenvalue weighted by atomic mass is 16.3. The van der Waals surface area contributed by atoms with Crippen LogP contribution in [0.25, 0.3) is 0 Å². The molecule has 2 nitrogen and oxygen atoms in total. The minimum absolute atomic E-state index is 0.0700. The van der Waals surface area contributed by atoms with Crippen molar-refractivity contribution in [2.24, 2.45) is 22.7 Å². The van der Waals surface area contributed by atoms with Crippen LogP contribution < -0.4 is 0 Å². The van der Waals surface area contributed by atoms with Gasteiger partial charge in [-0.15, -0.1) is 0 Å². The minimum atomic E-state index is 0.0700. The van der Waals surface area contributed by atoms with E-state index in [2.05, 4.69) is 13.8 Å². The number of aliphatic hydroxyl groups is 2. The quantitative estimate of drug-likeness (QED) is 0.723. The predicted octanol–water partition coefficient (Wildman–Crippen LogP) is 2.50. The first-order valence-corrected chi connectivity index (χ1v) is 6.95. The molecule has 96 valence electrons. The zero-order chi connectivity index (χ0) is 12.3. The van der Waals surface area contributed by atoms with Gasteiger partial charge in [0.05, 0.1) is 6.61 Å². The first-order chi connectivity index (χ1) is 8.01. The van der Waals surface area contributed by atoms with E-state index in [0.29, 0.717) is 17.3 Å². The summed E-state index contributed by atoms with van der Waals surface area (Å²) in [6.45, 7) is 5.11. The maximum absolute atomic E-state index is 9.70. The summed E-state index contributed by atoms with van der Waals surface area (Å²) in [5, 5.41) is 19.3. The Morgan fingerprint density at radius 1 is 1.24 bits per heavy atom. The van der Waals surface area contributed by atoms with Gasteiger partial charge in [0.1, 0.15) is 0 Å². The van der Waals surface area contributed by atoms with Crippen molar-refractivity contribution in [2.45, 2.75) is 46.0 Å². The number of aliphatic hydroxyl groups excluding tert-OH is 2. The second kappa shape index (κ2) is 3.58. The van der Waals surface area contributed by atoms with Gasteiger partial charge in [-0.25, -0.2) is 0 Å². The number of rotatable bonds is 2. The zero-order valence-corrected chi connectivity index (χ0v) is 11.0. The van der Waals surface area contributed by atoms with E-state index in [1.165, 1.54) is 30.4 Å². The normalized spacial score (nSPS) is 48.7. The van der Waals surface area contributed by atoms with Crippen molar-refractivity contribution in [3.63, 3.8) is 0 Å². The molecule has 0 bridgehead atoms. The van der Waals surface area contributed by atoms with Gasteiger partial charge >= 0.3 is 0 Å². The number of hydrogen-bond donors (Lipinski definition) is 2. The molecule has 2 N–H and O–H groups in total. The van der Waals surface area contributed by atoms with E-state index in [0.717, 1.165) is 12.8 Å². The Kier molecular flexibility index (Phi) is 2.47. The van der Waals surface area contributed by atoms with E-state index >= 15 is 0 Å². The summed E-state index contributed by atoms with van der Waals surface area (Å²) in [5.74, 6) is 1.27. The second-order valence-corrected chi connectivity index (χ2v) is 7.20. The number of allylic oxidation sites excluding steroid dienone is 1. The topological polar surface area (TPSA) is 40.5 Å². The van der Waals surface area contributed by atoms with Crippen LogP contribution in [0.5, 0.6) is 0 Å². The maximum atomic E-state index is 9.70. The molecule has 3 rings (SSSR count). The molecule has 4 atom stereocenters. The van der Waals surface area contributed by atoms with Crippen LogP contribution in [0.2, 0.25) is 0 Å². The van der Waals surface area contributed by atoms with Crippen molar-refractivity contribution < 1.29 is 10.2 Å². The Bertz CT molecular complexity index is 373. The summed E-state index contributed by atoms with van der Waals surface area (Å²) in [7, 11) is 0. The highest BCUT2D eigenvalue weighted by Gasteiger charge is 2.53. The summed E-state index contributed by atoms with van der Waals surface area (Å²) in [6, 6.07) is 0. The molecule has 2 fully saturated rings. The Morgan fingerprint density at radius 3 is 2.53 bits per heavy atom. The second-order valence-electron chi connectivity index (χ2n) is 7.20. The highest BCUT2D eigenvalue weighted by Crippen LogP contribution is 2.63. The monoisotopic (exact) mass is 236 g/mol. The SMILES string of the molecule is CC1(CO)CC2=C(CO)C3CCC3(C)CC2C1. The molecule has 2 heteroatoms. The maximum Gasteiger partial charge on any atom is 0.0647 e. The van der Waals surface area contributed by atoms with E-state index in [1.807, 2.05) is 0 Å². The smallest absolute Gasteiger partial charge is 0.0647 e. The number of hydrogen-bond acceptors (Lipinski definition) is 2. The molecule has 4 unspecified atom stereocenters. The lowest BCUT2D eigenvalue weighted by molar-refractivity contribution is 0.0288. The summed E-state index contributed by atoms with van der Waals surface area (Å²) >= 11 is 0. The van der Waals surface area contributed by atoms with E-state index in [-0.39, 0.29) is 18.6 Å². The van der Waals surface area contributed by atoms with E-state index in [4.69, 9.17) is 0 Å². The highest BCUT2D eigenvalue weighted by molar-refractivity contribution is 5.33. The van der Waals surface area contributed by atoms with Gasteiger partial charge in [0.15, 0.2) is 0 Å². The largest absolute Gasteiger partial charge is 0.396 e. The standard InChI is InChI=1S/C15H24O2/c1-14(9-17)5-10-6-15(2)4-3-13(15)12(8-16)11(10)7-14/h10,13,16-17H,3-9H2,1-2H3. The zero-order valence-electron chi connectivity index (χ0n) is 11.0. The van der Waals surface area contributed by atoms with E-state index in [1.54, 1.807) is 0 Å². The molecule has 0 aliphatic heterocycles. The minimum Gasteiger partial charge on any atom is -0.396 e. The van der Waals surface area contributed by atoms with Crippen molar-refractivity contribution in [2.75, 3.05) is 13.2 Å². The van der Waals surface area contributed by atoms with Crippen molar-refractivity contribution in [3.8, 4) is 0 Å². The lowest BCUT2D eigenvalue weighted by atomic mass is 9.51. The molecule has 0 aromatic heterocycles.